The maximum Gasteiger partial charge on any atom is 0.159 e. The van der Waals surface area contributed by atoms with Gasteiger partial charge in [-0.05, 0) is 44.5 Å². The van der Waals surface area contributed by atoms with Crippen molar-refractivity contribution in [3.8, 4) is 5.69 Å². The van der Waals surface area contributed by atoms with Gasteiger partial charge in [-0.1, -0.05) is 0 Å². The first-order valence-electron chi connectivity index (χ1n) is 5.20. The van der Waals surface area contributed by atoms with Gasteiger partial charge in [-0.3, -0.25) is 4.79 Å². The molecule has 0 aliphatic rings. The molecular formula is C13H14N2O. The molecule has 0 saturated carbocycles. The molecule has 0 fully saturated rings. The highest BCUT2D eigenvalue weighted by Gasteiger charge is 2.05. The standard InChI is InChI=1S/C13H14N2O/c1-9-6-12(11(3)16)4-5-13(9)15-7-10(2)14-8-15/h4-8H,1-3H3. The van der Waals surface area contributed by atoms with Gasteiger partial charge >= 0.3 is 0 Å². The lowest BCUT2D eigenvalue weighted by molar-refractivity contribution is 0.101. The molecule has 16 heavy (non-hydrogen) atoms. The molecule has 1 heterocycles. The van der Waals surface area contributed by atoms with Gasteiger partial charge in [0.05, 0.1) is 12.0 Å². The minimum absolute atomic E-state index is 0.0939. The lowest BCUT2D eigenvalue weighted by atomic mass is 10.1. The van der Waals surface area contributed by atoms with Crippen LogP contribution in [0.25, 0.3) is 5.69 Å². The zero-order chi connectivity index (χ0) is 11.7. The summed E-state index contributed by atoms with van der Waals surface area (Å²) >= 11 is 0. The van der Waals surface area contributed by atoms with Gasteiger partial charge in [-0.15, -0.1) is 0 Å². The number of carbonyl (C=O) groups is 1. The van der Waals surface area contributed by atoms with Gasteiger partial charge in [-0.2, -0.15) is 0 Å². The Balaban J connectivity index is 2.47. The molecule has 0 aliphatic carbocycles. The second kappa shape index (κ2) is 3.93. The van der Waals surface area contributed by atoms with Crippen LogP contribution in [0.1, 0.15) is 28.5 Å². The largest absolute Gasteiger partial charge is 0.306 e. The van der Waals surface area contributed by atoms with Gasteiger partial charge in [0.2, 0.25) is 0 Å². The van der Waals surface area contributed by atoms with Crippen LogP contribution in [-0.4, -0.2) is 15.3 Å². The van der Waals surface area contributed by atoms with E-state index in [1.807, 2.05) is 42.8 Å². The molecule has 0 atom stereocenters. The highest BCUT2D eigenvalue weighted by atomic mass is 16.1. The van der Waals surface area contributed by atoms with Gasteiger partial charge in [0.15, 0.2) is 5.78 Å². The molecule has 0 N–H and O–H groups in total. The van der Waals surface area contributed by atoms with Crippen molar-refractivity contribution in [2.45, 2.75) is 20.8 Å². The van der Waals surface area contributed by atoms with Crippen LogP contribution in [0.4, 0.5) is 0 Å². The monoisotopic (exact) mass is 214 g/mol. The minimum atomic E-state index is 0.0939. The summed E-state index contributed by atoms with van der Waals surface area (Å²) in [6.45, 7) is 5.53. The van der Waals surface area contributed by atoms with Gasteiger partial charge in [0.25, 0.3) is 0 Å². The molecule has 3 heteroatoms. The van der Waals surface area contributed by atoms with Crippen LogP contribution in [-0.2, 0) is 0 Å². The third kappa shape index (κ3) is 1.89. The fraction of sp³-hybridized carbons (Fsp3) is 0.231. The molecule has 1 aromatic heterocycles. The number of hydrogen-bond donors (Lipinski definition) is 0. The van der Waals surface area contributed by atoms with Crippen molar-refractivity contribution in [3.63, 3.8) is 0 Å². The molecule has 1 aromatic carbocycles. The predicted octanol–water partition coefficient (Wildman–Crippen LogP) is 2.69. The molecular weight excluding hydrogens is 200 g/mol. The second-order valence-corrected chi connectivity index (χ2v) is 3.98. The topological polar surface area (TPSA) is 34.9 Å². The Morgan fingerprint density at radius 2 is 2.06 bits per heavy atom. The van der Waals surface area contributed by atoms with Crippen LogP contribution in [0.2, 0.25) is 0 Å². The lowest BCUT2D eigenvalue weighted by Crippen LogP contribution is -1.98. The number of aromatic nitrogens is 2. The van der Waals surface area contributed by atoms with E-state index in [2.05, 4.69) is 4.98 Å². The fourth-order valence-corrected chi connectivity index (χ4v) is 1.72. The van der Waals surface area contributed by atoms with Crippen LogP contribution >= 0.6 is 0 Å². The van der Waals surface area contributed by atoms with E-state index in [9.17, 15) is 4.79 Å². The first-order valence-corrected chi connectivity index (χ1v) is 5.20. The van der Waals surface area contributed by atoms with E-state index in [1.54, 1.807) is 13.3 Å². The third-order valence-electron chi connectivity index (χ3n) is 2.59. The fourth-order valence-electron chi connectivity index (χ4n) is 1.72. The molecule has 0 bridgehead atoms. The van der Waals surface area contributed by atoms with Crippen molar-refractivity contribution in [2.24, 2.45) is 0 Å². The average molecular weight is 214 g/mol. The summed E-state index contributed by atoms with van der Waals surface area (Å²) in [6.07, 6.45) is 3.75. The maximum absolute atomic E-state index is 11.2. The zero-order valence-corrected chi connectivity index (χ0v) is 9.69. The SMILES string of the molecule is CC(=O)c1ccc(-n2cnc(C)c2)c(C)c1. The number of imidazole rings is 1. The smallest absolute Gasteiger partial charge is 0.159 e. The Bertz CT molecular complexity index is 541. The van der Waals surface area contributed by atoms with Crippen LogP contribution in [0, 0.1) is 13.8 Å². The number of carbonyl (C=O) groups excluding carboxylic acids is 1. The van der Waals surface area contributed by atoms with Crippen molar-refractivity contribution >= 4 is 5.78 Å². The molecule has 0 saturated heterocycles. The van der Waals surface area contributed by atoms with E-state index in [0.717, 1.165) is 22.5 Å². The van der Waals surface area contributed by atoms with Crippen molar-refractivity contribution in [1.82, 2.24) is 9.55 Å². The van der Waals surface area contributed by atoms with E-state index in [-0.39, 0.29) is 5.78 Å². The summed E-state index contributed by atoms with van der Waals surface area (Å²) in [5.41, 5.74) is 3.86. The van der Waals surface area contributed by atoms with Crippen LogP contribution in [0.3, 0.4) is 0 Å². The van der Waals surface area contributed by atoms with E-state index < -0.39 is 0 Å². The van der Waals surface area contributed by atoms with E-state index >= 15 is 0 Å². The summed E-state index contributed by atoms with van der Waals surface area (Å²) in [5, 5.41) is 0. The summed E-state index contributed by atoms with van der Waals surface area (Å²) in [5.74, 6) is 0.0939. The second-order valence-electron chi connectivity index (χ2n) is 3.98. The normalized spacial score (nSPS) is 10.4. The zero-order valence-electron chi connectivity index (χ0n) is 9.69. The molecule has 0 unspecified atom stereocenters. The maximum atomic E-state index is 11.2. The lowest BCUT2D eigenvalue weighted by Gasteiger charge is -2.07. The minimum Gasteiger partial charge on any atom is -0.306 e. The van der Waals surface area contributed by atoms with Gasteiger partial charge in [-0.25, -0.2) is 4.98 Å². The van der Waals surface area contributed by atoms with Gasteiger partial charge in [0, 0.05) is 17.4 Å². The summed E-state index contributed by atoms with van der Waals surface area (Å²) in [4.78, 5) is 15.4. The number of aryl methyl sites for hydroxylation is 2. The molecule has 2 aromatic rings. The molecule has 0 aliphatic heterocycles. The Kier molecular flexibility index (Phi) is 2.60. The molecule has 3 nitrogen and oxygen atoms in total. The Hall–Kier alpha value is -1.90. The number of nitrogens with zero attached hydrogens (tertiary/aromatic N) is 2. The van der Waals surface area contributed by atoms with E-state index in [4.69, 9.17) is 0 Å². The highest BCUT2D eigenvalue weighted by molar-refractivity contribution is 5.94. The number of Topliss-reactive ketones (excluding diaryl/α,β-unsaturated/α-hetero) is 1. The Morgan fingerprint density at radius 3 is 2.56 bits per heavy atom. The van der Waals surface area contributed by atoms with Gasteiger partial charge in [0.1, 0.15) is 0 Å². The van der Waals surface area contributed by atoms with Crippen molar-refractivity contribution < 1.29 is 4.79 Å². The quantitative estimate of drug-likeness (QED) is 0.720. The predicted molar refractivity (Wildman–Crippen MR) is 63.0 cm³/mol. The number of rotatable bonds is 2. The van der Waals surface area contributed by atoms with E-state index in [1.165, 1.54) is 0 Å². The Morgan fingerprint density at radius 1 is 1.31 bits per heavy atom. The molecule has 0 spiro atoms. The molecule has 82 valence electrons. The highest BCUT2D eigenvalue weighted by Crippen LogP contribution is 2.16. The molecule has 2 rings (SSSR count). The Labute approximate surface area is 94.7 Å². The third-order valence-corrected chi connectivity index (χ3v) is 2.59. The molecule has 0 radical (unpaired) electrons. The van der Waals surface area contributed by atoms with Crippen molar-refractivity contribution in [1.29, 1.82) is 0 Å². The summed E-state index contributed by atoms with van der Waals surface area (Å²) < 4.78 is 1.97. The van der Waals surface area contributed by atoms with Crippen LogP contribution in [0.15, 0.2) is 30.7 Å². The van der Waals surface area contributed by atoms with Crippen LogP contribution < -0.4 is 0 Å². The number of ketones is 1. The first-order chi connectivity index (χ1) is 7.58. The number of hydrogen-bond acceptors (Lipinski definition) is 2. The van der Waals surface area contributed by atoms with E-state index in [0.29, 0.717) is 0 Å². The summed E-state index contributed by atoms with van der Waals surface area (Å²) in [7, 11) is 0. The molecule has 0 amide bonds. The summed E-state index contributed by atoms with van der Waals surface area (Å²) in [6, 6.07) is 5.71. The average Bonchev–Trinajstić information content (AvgIpc) is 2.64. The van der Waals surface area contributed by atoms with Gasteiger partial charge < -0.3 is 4.57 Å². The first kappa shape index (κ1) is 10.6. The van der Waals surface area contributed by atoms with Crippen molar-refractivity contribution in [3.05, 3.63) is 47.5 Å². The number of benzene rings is 1. The van der Waals surface area contributed by atoms with Crippen molar-refractivity contribution in [2.75, 3.05) is 0 Å². The van der Waals surface area contributed by atoms with Crippen LogP contribution in [0.5, 0.6) is 0 Å².